The van der Waals surface area contributed by atoms with Crippen molar-refractivity contribution in [2.24, 2.45) is 0 Å². The van der Waals surface area contributed by atoms with Crippen LogP contribution in [0.1, 0.15) is 41.2 Å². The zero-order chi connectivity index (χ0) is 23.6. The van der Waals surface area contributed by atoms with E-state index in [-0.39, 0.29) is 18.2 Å². The highest BCUT2D eigenvalue weighted by atomic mass is 16.2. The normalized spacial score (nSPS) is 11.6. The second kappa shape index (κ2) is 12.0. The number of nitrogens with one attached hydrogen (secondary N) is 1. The molecule has 3 aromatic rings. The molecular formula is C29H34N2O2. The first-order valence-corrected chi connectivity index (χ1v) is 11.7. The van der Waals surface area contributed by atoms with Crippen molar-refractivity contribution >= 4 is 11.8 Å². The SMILES string of the molecule is CCCNC(=O)C(Cc1ccccc1)N(Cc1cccc(C)c1)C(=O)Cc1cccc(C)c1. The van der Waals surface area contributed by atoms with Crippen LogP contribution < -0.4 is 5.32 Å². The van der Waals surface area contributed by atoms with Gasteiger partial charge in [0.15, 0.2) is 0 Å². The number of aryl methyl sites for hydroxylation is 2. The minimum Gasteiger partial charge on any atom is -0.354 e. The summed E-state index contributed by atoms with van der Waals surface area (Å²) >= 11 is 0. The molecule has 0 aliphatic heterocycles. The average Bonchev–Trinajstić information content (AvgIpc) is 2.80. The van der Waals surface area contributed by atoms with Crippen LogP contribution in [0.15, 0.2) is 78.9 Å². The lowest BCUT2D eigenvalue weighted by Gasteiger charge is -2.32. The predicted molar refractivity (Wildman–Crippen MR) is 134 cm³/mol. The molecule has 0 spiro atoms. The second-order valence-corrected chi connectivity index (χ2v) is 8.67. The summed E-state index contributed by atoms with van der Waals surface area (Å²) in [6.45, 7) is 7.07. The Kier molecular flexibility index (Phi) is 8.82. The zero-order valence-corrected chi connectivity index (χ0v) is 19.9. The molecule has 0 radical (unpaired) electrons. The lowest BCUT2D eigenvalue weighted by Crippen LogP contribution is -2.51. The number of hydrogen-bond acceptors (Lipinski definition) is 2. The molecule has 0 aliphatic carbocycles. The van der Waals surface area contributed by atoms with E-state index in [1.165, 1.54) is 0 Å². The van der Waals surface area contributed by atoms with Crippen LogP contribution in [0.5, 0.6) is 0 Å². The molecule has 0 bridgehead atoms. The third-order valence-corrected chi connectivity index (χ3v) is 5.69. The van der Waals surface area contributed by atoms with Crippen molar-refractivity contribution in [3.63, 3.8) is 0 Å². The van der Waals surface area contributed by atoms with Crippen LogP contribution in [0.25, 0.3) is 0 Å². The van der Waals surface area contributed by atoms with Gasteiger partial charge in [0, 0.05) is 19.5 Å². The summed E-state index contributed by atoms with van der Waals surface area (Å²) in [5.74, 6) is -0.152. The van der Waals surface area contributed by atoms with Gasteiger partial charge in [0.05, 0.1) is 6.42 Å². The molecule has 3 rings (SSSR count). The van der Waals surface area contributed by atoms with Crippen molar-refractivity contribution in [1.29, 1.82) is 0 Å². The zero-order valence-electron chi connectivity index (χ0n) is 19.9. The predicted octanol–water partition coefficient (Wildman–Crippen LogP) is 5.01. The topological polar surface area (TPSA) is 49.4 Å². The number of hydrogen-bond donors (Lipinski definition) is 1. The van der Waals surface area contributed by atoms with E-state index >= 15 is 0 Å². The molecule has 1 unspecified atom stereocenters. The molecule has 4 heteroatoms. The van der Waals surface area contributed by atoms with Crippen LogP contribution in [-0.2, 0) is 29.0 Å². The van der Waals surface area contributed by atoms with Gasteiger partial charge < -0.3 is 10.2 Å². The fourth-order valence-electron chi connectivity index (χ4n) is 4.03. The second-order valence-electron chi connectivity index (χ2n) is 8.67. The molecular weight excluding hydrogens is 408 g/mol. The van der Waals surface area contributed by atoms with Gasteiger partial charge in [-0.05, 0) is 37.0 Å². The van der Waals surface area contributed by atoms with Gasteiger partial charge in [-0.1, -0.05) is 96.9 Å². The van der Waals surface area contributed by atoms with Crippen molar-refractivity contribution < 1.29 is 9.59 Å². The fourth-order valence-corrected chi connectivity index (χ4v) is 4.03. The van der Waals surface area contributed by atoms with Crippen LogP contribution in [0.2, 0.25) is 0 Å². The molecule has 172 valence electrons. The molecule has 0 fully saturated rings. The van der Waals surface area contributed by atoms with E-state index in [4.69, 9.17) is 0 Å². The Labute approximate surface area is 197 Å². The van der Waals surface area contributed by atoms with Gasteiger partial charge in [-0.15, -0.1) is 0 Å². The Bertz CT molecular complexity index is 1060. The van der Waals surface area contributed by atoms with Crippen LogP contribution in [-0.4, -0.2) is 29.3 Å². The first-order chi connectivity index (χ1) is 16.0. The molecule has 1 N–H and O–H groups in total. The van der Waals surface area contributed by atoms with Crippen LogP contribution in [0.4, 0.5) is 0 Å². The molecule has 4 nitrogen and oxygen atoms in total. The number of carbonyl (C=O) groups is 2. The minimum atomic E-state index is -0.586. The van der Waals surface area contributed by atoms with Gasteiger partial charge in [-0.3, -0.25) is 9.59 Å². The molecule has 0 heterocycles. The number of benzene rings is 3. The average molecular weight is 443 g/mol. The Morgan fingerprint density at radius 3 is 2.06 bits per heavy atom. The van der Waals surface area contributed by atoms with E-state index in [0.29, 0.717) is 19.5 Å². The monoisotopic (exact) mass is 442 g/mol. The summed E-state index contributed by atoms with van der Waals surface area (Å²) < 4.78 is 0. The van der Waals surface area contributed by atoms with Crippen LogP contribution in [0, 0.1) is 13.8 Å². The summed E-state index contributed by atoms with van der Waals surface area (Å²) in [6.07, 6.45) is 1.58. The largest absolute Gasteiger partial charge is 0.354 e. The lowest BCUT2D eigenvalue weighted by molar-refractivity contribution is -0.140. The van der Waals surface area contributed by atoms with E-state index in [1.54, 1.807) is 4.90 Å². The van der Waals surface area contributed by atoms with Crippen LogP contribution in [0.3, 0.4) is 0 Å². The molecule has 0 aliphatic rings. The van der Waals surface area contributed by atoms with Gasteiger partial charge in [-0.25, -0.2) is 0 Å². The standard InChI is InChI=1S/C29H34N2O2/c1-4-16-30-29(33)27(19-24-12-6-5-7-13-24)31(21-26-15-9-11-23(3)18-26)28(32)20-25-14-8-10-22(2)17-25/h5-15,17-18,27H,4,16,19-21H2,1-3H3,(H,30,33). The van der Waals surface area contributed by atoms with E-state index < -0.39 is 6.04 Å². The van der Waals surface area contributed by atoms with Gasteiger partial charge in [-0.2, -0.15) is 0 Å². The van der Waals surface area contributed by atoms with E-state index in [9.17, 15) is 9.59 Å². The van der Waals surface area contributed by atoms with E-state index in [0.717, 1.165) is 34.2 Å². The fraction of sp³-hybridized carbons (Fsp3) is 0.310. The Hall–Kier alpha value is -3.40. The maximum absolute atomic E-state index is 13.7. The minimum absolute atomic E-state index is 0.0466. The van der Waals surface area contributed by atoms with Gasteiger partial charge in [0.25, 0.3) is 0 Å². The molecule has 0 aromatic heterocycles. The van der Waals surface area contributed by atoms with Crippen molar-refractivity contribution in [3.05, 3.63) is 107 Å². The molecule has 0 saturated carbocycles. The maximum Gasteiger partial charge on any atom is 0.243 e. The molecule has 33 heavy (non-hydrogen) atoms. The van der Waals surface area contributed by atoms with Gasteiger partial charge in [0.1, 0.15) is 6.04 Å². The lowest BCUT2D eigenvalue weighted by atomic mass is 10.0. The third-order valence-electron chi connectivity index (χ3n) is 5.69. The summed E-state index contributed by atoms with van der Waals surface area (Å²) in [6, 6.07) is 25.5. The summed E-state index contributed by atoms with van der Waals surface area (Å²) in [5.41, 5.74) is 5.27. The Morgan fingerprint density at radius 1 is 0.818 bits per heavy atom. The molecule has 3 aromatic carbocycles. The maximum atomic E-state index is 13.7. The molecule has 2 amide bonds. The van der Waals surface area contributed by atoms with Crippen molar-refractivity contribution in [3.8, 4) is 0 Å². The quantitative estimate of drug-likeness (QED) is 0.480. The highest BCUT2D eigenvalue weighted by Gasteiger charge is 2.30. The smallest absolute Gasteiger partial charge is 0.243 e. The van der Waals surface area contributed by atoms with Crippen molar-refractivity contribution in [1.82, 2.24) is 10.2 Å². The number of carbonyl (C=O) groups excluding carboxylic acids is 2. The third kappa shape index (κ3) is 7.31. The highest BCUT2D eigenvalue weighted by Crippen LogP contribution is 2.17. The highest BCUT2D eigenvalue weighted by molar-refractivity contribution is 5.88. The number of nitrogens with zero attached hydrogens (tertiary/aromatic N) is 1. The first-order valence-electron chi connectivity index (χ1n) is 11.7. The van der Waals surface area contributed by atoms with E-state index in [1.807, 2.05) is 93.6 Å². The van der Waals surface area contributed by atoms with E-state index in [2.05, 4.69) is 11.4 Å². The van der Waals surface area contributed by atoms with Gasteiger partial charge >= 0.3 is 0 Å². The van der Waals surface area contributed by atoms with Crippen molar-refractivity contribution in [2.45, 2.75) is 52.6 Å². The molecule has 0 saturated heterocycles. The summed E-state index contributed by atoms with van der Waals surface area (Å²) in [4.78, 5) is 28.7. The summed E-state index contributed by atoms with van der Waals surface area (Å²) in [7, 11) is 0. The number of rotatable bonds is 10. The Balaban J connectivity index is 1.95. The first kappa shape index (κ1) is 24.2. The summed E-state index contributed by atoms with van der Waals surface area (Å²) in [5, 5.41) is 3.03. The number of amides is 2. The molecule has 1 atom stereocenters. The van der Waals surface area contributed by atoms with Crippen molar-refractivity contribution in [2.75, 3.05) is 6.54 Å². The van der Waals surface area contributed by atoms with Crippen LogP contribution >= 0.6 is 0 Å². The van der Waals surface area contributed by atoms with Gasteiger partial charge in [0.2, 0.25) is 11.8 Å². The Morgan fingerprint density at radius 2 is 1.42 bits per heavy atom.